The van der Waals surface area contributed by atoms with Crippen molar-refractivity contribution < 1.29 is 9.53 Å². The molecule has 0 bridgehead atoms. The molecule has 2 N–H and O–H groups in total. The Morgan fingerprint density at radius 2 is 2.43 bits per heavy atom. The molecule has 3 rings (SSSR count). The second-order valence-corrected chi connectivity index (χ2v) is 6.41. The van der Waals surface area contributed by atoms with Gasteiger partial charge in [-0.3, -0.25) is 0 Å². The third-order valence-electron chi connectivity index (χ3n) is 4.67. The maximum atomic E-state index is 12.0. The lowest BCUT2D eigenvalue weighted by atomic mass is 10.0. The van der Waals surface area contributed by atoms with Crippen LogP contribution in [0.25, 0.3) is 0 Å². The molecule has 2 amide bonds. The molecule has 1 aliphatic heterocycles. The third-order valence-corrected chi connectivity index (χ3v) is 4.67. The summed E-state index contributed by atoms with van der Waals surface area (Å²) in [5.74, 6) is 0. The van der Waals surface area contributed by atoms with Gasteiger partial charge in [0.2, 0.25) is 0 Å². The summed E-state index contributed by atoms with van der Waals surface area (Å²) in [6.07, 6.45) is 12.2. The van der Waals surface area contributed by atoms with Crippen LogP contribution in [0.5, 0.6) is 0 Å². The van der Waals surface area contributed by atoms with E-state index in [0.717, 1.165) is 25.0 Å². The Labute approximate surface area is 137 Å². The van der Waals surface area contributed by atoms with Gasteiger partial charge in [-0.2, -0.15) is 0 Å². The summed E-state index contributed by atoms with van der Waals surface area (Å²) in [4.78, 5) is 16.2. The SMILES string of the molecule is Cn1cncc1[C@H]1C[C@H](NC(=O)NCCC2=CCCC2)CCO1. The van der Waals surface area contributed by atoms with Crippen molar-refractivity contribution in [2.24, 2.45) is 7.05 Å². The molecule has 23 heavy (non-hydrogen) atoms. The van der Waals surface area contributed by atoms with E-state index < -0.39 is 0 Å². The molecule has 1 aromatic rings. The Kier molecular flexibility index (Phi) is 5.33. The largest absolute Gasteiger partial charge is 0.372 e. The molecule has 0 radical (unpaired) electrons. The molecule has 6 nitrogen and oxygen atoms in total. The first-order chi connectivity index (χ1) is 11.2. The molecule has 2 atom stereocenters. The van der Waals surface area contributed by atoms with Crippen molar-refractivity contribution in [2.75, 3.05) is 13.2 Å². The Hall–Kier alpha value is -1.82. The van der Waals surface area contributed by atoms with Crippen molar-refractivity contribution in [2.45, 2.75) is 50.7 Å². The van der Waals surface area contributed by atoms with Gasteiger partial charge in [-0.05, 0) is 38.5 Å². The Morgan fingerprint density at radius 3 is 3.17 bits per heavy atom. The molecule has 2 aliphatic rings. The summed E-state index contributed by atoms with van der Waals surface area (Å²) in [6, 6.07) is 0.0774. The summed E-state index contributed by atoms with van der Waals surface area (Å²) in [5, 5.41) is 6.05. The van der Waals surface area contributed by atoms with Crippen LogP contribution in [-0.4, -0.2) is 34.8 Å². The molecular weight excluding hydrogens is 292 g/mol. The number of nitrogens with one attached hydrogen (secondary N) is 2. The van der Waals surface area contributed by atoms with E-state index in [2.05, 4.69) is 21.7 Å². The summed E-state index contributed by atoms with van der Waals surface area (Å²) in [7, 11) is 1.97. The van der Waals surface area contributed by atoms with Crippen LogP contribution < -0.4 is 10.6 Å². The van der Waals surface area contributed by atoms with Crippen LogP contribution in [0.15, 0.2) is 24.2 Å². The minimum Gasteiger partial charge on any atom is -0.372 e. The number of hydrogen-bond acceptors (Lipinski definition) is 3. The Bertz CT molecular complexity index is 567. The average Bonchev–Trinajstić information content (AvgIpc) is 3.19. The van der Waals surface area contributed by atoms with Crippen LogP contribution >= 0.6 is 0 Å². The molecule has 2 heterocycles. The lowest BCUT2D eigenvalue weighted by Gasteiger charge is -2.30. The van der Waals surface area contributed by atoms with Crippen molar-refractivity contribution in [3.8, 4) is 0 Å². The number of imidazole rings is 1. The summed E-state index contributed by atoms with van der Waals surface area (Å²) >= 11 is 0. The standard InChI is InChI=1S/C17H26N4O2/c1-21-12-18-11-15(21)16-10-14(7-9-23-16)20-17(22)19-8-6-13-4-2-3-5-13/h4,11-12,14,16H,2-3,5-10H2,1H3,(H2,19,20,22)/t14-,16-/m1/s1. The zero-order valence-corrected chi connectivity index (χ0v) is 13.8. The fraction of sp³-hybridized carbons (Fsp3) is 0.647. The number of urea groups is 1. The molecule has 1 fully saturated rings. The van der Waals surface area contributed by atoms with Crippen LogP contribution in [0.4, 0.5) is 4.79 Å². The maximum Gasteiger partial charge on any atom is 0.315 e. The predicted octanol–water partition coefficient (Wildman–Crippen LogP) is 2.44. The number of aryl methyl sites for hydroxylation is 1. The third kappa shape index (κ3) is 4.34. The highest BCUT2D eigenvalue weighted by Crippen LogP contribution is 2.27. The summed E-state index contributed by atoms with van der Waals surface area (Å²) < 4.78 is 7.80. The van der Waals surface area contributed by atoms with Gasteiger partial charge < -0.3 is 19.9 Å². The zero-order chi connectivity index (χ0) is 16.1. The summed E-state index contributed by atoms with van der Waals surface area (Å²) in [6.45, 7) is 1.37. The van der Waals surface area contributed by atoms with E-state index in [1.807, 2.05) is 17.8 Å². The van der Waals surface area contributed by atoms with Gasteiger partial charge in [0.25, 0.3) is 0 Å². The van der Waals surface area contributed by atoms with Crippen LogP contribution in [0.2, 0.25) is 0 Å². The molecule has 0 spiro atoms. The van der Waals surface area contributed by atoms with Gasteiger partial charge in [0.05, 0.1) is 18.2 Å². The van der Waals surface area contributed by atoms with Gasteiger partial charge in [-0.1, -0.05) is 11.6 Å². The first-order valence-corrected chi connectivity index (χ1v) is 8.52. The molecule has 126 valence electrons. The quantitative estimate of drug-likeness (QED) is 0.819. The van der Waals surface area contributed by atoms with Crippen LogP contribution in [0, 0.1) is 0 Å². The second-order valence-electron chi connectivity index (χ2n) is 6.41. The smallest absolute Gasteiger partial charge is 0.315 e. The minimum atomic E-state index is -0.0701. The molecular formula is C17H26N4O2. The number of amides is 2. The minimum absolute atomic E-state index is 0.00481. The van der Waals surface area contributed by atoms with Crippen LogP contribution in [0.1, 0.15) is 50.3 Å². The van der Waals surface area contributed by atoms with E-state index in [4.69, 9.17) is 4.74 Å². The number of carbonyl (C=O) groups excluding carboxylic acids is 1. The van der Waals surface area contributed by atoms with Crippen molar-refractivity contribution in [1.82, 2.24) is 20.2 Å². The number of carbonyl (C=O) groups is 1. The van der Waals surface area contributed by atoms with Gasteiger partial charge in [-0.15, -0.1) is 0 Å². The van der Waals surface area contributed by atoms with Gasteiger partial charge in [0.15, 0.2) is 0 Å². The predicted molar refractivity (Wildman–Crippen MR) is 88.0 cm³/mol. The van der Waals surface area contributed by atoms with Crippen molar-refractivity contribution in [3.63, 3.8) is 0 Å². The number of hydrogen-bond donors (Lipinski definition) is 2. The van der Waals surface area contributed by atoms with E-state index in [1.54, 1.807) is 6.33 Å². The number of nitrogens with zero attached hydrogens (tertiary/aromatic N) is 2. The highest BCUT2D eigenvalue weighted by Gasteiger charge is 2.26. The number of allylic oxidation sites excluding steroid dienone is 1. The Balaban J connectivity index is 1.42. The van der Waals surface area contributed by atoms with Crippen LogP contribution in [0.3, 0.4) is 0 Å². The second kappa shape index (κ2) is 7.64. The number of rotatable bonds is 5. The summed E-state index contributed by atoms with van der Waals surface area (Å²) in [5.41, 5.74) is 2.54. The molecule has 6 heteroatoms. The van der Waals surface area contributed by atoms with Crippen molar-refractivity contribution in [3.05, 3.63) is 29.9 Å². The molecule has 1 aliphatic carbocycles. The molecule has 1 saturated heterocycles. The molecule has 0 unspecified atom stereocenters. The van der Waals surface area contributed by atoms with Crippen molar-refractivity contribution in [1.29, 1.82) is 0 Å². The average molecular weight is 318 g/mol. The lowest BCUT2D eigenvalue weighted by Crippen LogP contribution is -2.45. The van der Waals surface area contributed by atoms with E-state index in [-0.39, 0.29) is 18.2 Å². The first kappa shape index (κ1) is 16.1. The molecule has 1 aromatic heterocycles. The zero-order valence-electron chi connectivity index (χ0n) is 13.8. The maximum absolute atomic E-state index is 12.0. The van der Waals surface area contributed by atoms with Gasteiger partial charge >= 0.3 is 6.03 Å². The number of aromatic nitrogens is 2. The van der Waals surface area contributed by atoms with Crippen LogP contribution in [-0.2, 0) is 11.8 Å². The van der Waals surface area contributed by atoms with E-state index in [9.17, 15) is 4.79 Å². The highest BCUT2D eigenvalue weighted by molar-refractivity contribution is 5.74. The topological polar surface area (TPSA) is 68.2 Å². The molecule has 0 saturated carbocycles. The fourth-order valence-corrected chi connectivity index (χ4v) is 3.35. The van der Waals surface area contributed by atoms with Gasteiger partial charge in [0, 0.05) is 26.2 Å². The van der Waals surface area contributed by atoms with Gasteiger partial charge in [-0.25, -0.2) is 9.78 Å². The lowest BCUT2D eigenvalue weighted by molar-refractivity contribution is -0.00176. The van der Waals surface area contributed by atoms with E-state index in [1.165, 1.54) is 24.8 Å². The van der Waals surface area contributed by atoms with Gasteiger partial charge in [0.1, 0.15) is 6.10 Å². The fourth-order valence-electron chi connectivity index (χ4n) is 3.35. The normalized spacial score (nSPS) is 24.3. The Morgan fingerprint density at radius 1 is 1.52 bits per heavy atom. The number of ether oxygens (including phenoxy) is 1. The first-order valence-electron chi connectivity index (χ1n) is 8.52. The van der Waals surface area contributed by atoms with Crippen molar-refractivity contribution >= 4 is 6.03 Å². The monoisotopic (exact) mass is 318 g/mol. The molecule has 0 aromatic carbocycles. The van der Waals surface area contributed by atoms with E-state index in [0.29, 0.717) is 13.2 Å². The van der Waals surface area contributed by atoms with E-state index >= 15 is 0 Å². The highest BCUT2D eigenvalue weighted by atomic mass is 16.5.